The molecule has 1 aliphatic heterocycles. The van der Waals surface area contributed by atoms with Crippen LogP contribution in [0.2, 0.25) is 0 Å². The highest BCUT2D eigenvalue weighted by Crippen LogP contribution is 2.38. The predicted molar refractivity (Wildman–Crippen MR) is 128 cm³/mol. The maximum Gasteiger partial charge on any atom is 0.328 e. The molecule has 12 heteroatoms. The van der Waals surface area contributed by atoms with Gasteiger partial charge in [0.05, 0.1) is 12.2 Å². The number of likely N-dealkylation sites (N-methyl/N-ethyl adjacent to an activating group) is 1. The fourth-order valence-electron chi connectivity index (χ4n) is 3.64. The summed E-state index contributed by atoms with van der Waals surface area (Å²) < 4.78 is 29.4. The standard InChI is InChI=1S/C23H22F2N8O2/c1-32(2)10-9-27-22-29-18(13-5-3-6-14(11-13)20(26)31-35)15-12-28-23(34)33(21(15)30-22)19-16(24)7-4-8-17(19)25/h3-8,11,26H,9-10,12H2,1-2H3,(H,28,34)(H,27,29,30). The Morgan fingerprint density at radius 3 is 2.60 bits per heavy atom. The summed E-state index contributed by atoms with van der Waals surface area (Å²) in [5, 5.41) is 16.1. The van der Waals surface area contributed by atoms with Crippen molar-refractivity contribution >= 4 is 29.3 Å². The number of rotatable bonds is 7. The molecule has 3 N–H and O–H groups in total. The Morgan fingerprint density at radius 1 is 1.20 bits per heavy atom. The van der Waals surface area contributed by atoms with Gasteiger partial charge in [0, 0.05) is 29.8 Å². The number of aromatic nitrogens is 2. The molecule has 1 aromatic heterocycles. The van der Waals surface area contributed by atoms with E-state index in [4.69, 9.17) is 5.41 Å². The molecule has 35 heavy (non-hydrogen) atoms. The molecule has 180 valence electrons. The summed E-state index contributed by atoms with van der Waals surface area (Å²) in [5.74, 6) is -2.15. The van der Waals surface area contributed by atoms with Gasteiger partial charge in [-0.25, -0.2) is 23.5 Å². The van der Waals surface area contributed by atoms with Crippen LogP contribution >= 0.6 is 0 Å². The lowest BCUT2D eigenvalue weighted by Gasteiger charge is -2.30. The van der Waals surface area contributed by atoms with E-state index in [2.05, 4.69) is 25.8 Å². The van der Waals surface area contributed by atoms with Gasteiger partial charge in [-0.3, -0.25) is 5.41 Å². The number of anilines is 3. The van der Waals surface area contributed by atoms with Gasteiger partial charge < -0.3 is 15.5 Å². The quantitative estimate of drug-likeness (QED) is 0.268. The summed E-state index contributed by atoms with van der Waals surface area (Å²) in [6.07, 6.45) is 0. The number of para-hydroxylation sites is 1. The lowest BCUT2D eigenvalue weighted by atomic mass is 10.0. The summed E-state index contributed by atoms with van der Waals surface area (Å²) in [5.41, 5.74) is 0.993. The minimum Gasteiger partial charge on any atom is -0.353 e. The van der Waals surface area contributed by atoms with Crippen LogP contribution < -0.4 is 15.5 Å². The van der Waals surface area contributed by atoms with Crippen molar-refractivity contribution in [1.82, 2.24) is 20.2 Å². The van der Waals surface area contributed by atoms with E-state index in [0.717, 1.165) is 17.0 Å². The van der Waals surface area contributed by atoms with Gasteiger partial charge in [-0.1, -0.05) is 24.3 Å². The summed E-state index contributed by atoms with van der Waals surface area (Å²) in [6.45, 7) is 1.12. The highest BCUT2D eigenvalue weighted by molar-refractivity contribution is 6.02. The van der Waals surface area contributed by atoms with Gasteiger partial charge in [0.25, 0.3) is 0 Å². The zero-order valence-corrected chi connectivity index (χ0v) is 19.0. The van der Waals surface area contributed by atoms with Gasteiger partial charge in [-0.05, 0) is 37.5 Å². The minimum absolute atomic E-state index is 0.00164. The monoisotopic (exact) mass is 480 g/mol. The maximum absolute atomic E-state index is 14.7. The van der Waals surface area contributed by atoms with Crippen molar-refractivity contribution in [3.05, 3.63) is 70.1 Å². The first-order chi connectivity index (χ1) is 16.8. The molecule has 0 radical (unpaired) electrons. The second-order valence-electron chi connectivity index (χ2n) is 8.01. The van der Waals surface area contributed by atoms with Crippen LogP contribution in [0.5, 0.6) is 0 Å². The molecule has 1 aliphatic rings. The molecular weight excluding hydrogens is 458 g/mol. The number of hydrogen-bond donors (Lipinski definition) is 3. The molecular formula is C23H22F2N8O2. The number of hydrogen-bond acceptors (Lipinski definition) is 7. The van der Waals surface area contributed by atoms with Crippen LogP contribution in [0.1, 0.15) is 11.1 Å². The van der Waals surface area contributed by atoms with E-state index in [1.54, 1.807) is 24.3 Å². The van der Waals surface area contributed by atoms with Crippen molar-refractivity contribution in [2.45, 2.75) is 6.54 Å². The van der Waals surface area contributed by atoms with Gasteiger partial charge >= 0.3 is 6.03 Å². The number of nitrogens with one attached hydrogen (secondary N) is 3. The van der Waals surface area contributed by atoms with Crippen molar-refractivity contribution in [3.63, 3.8) is 0 Å². The third kappa shape index (κ3) is 4.82. The molecule has 0 saturated heterocycles. The molecule has 0 fully saturated rings. The molecule has 0 unspecified atom stereocenters. The second kappa shape index (κ2) is 9.89. The number of benzene rings is 2. The third-order valence-electron chi connectivity index (χ3n) is 5.32. The van der Waals surface area contributed by atoms with E-state index >= 15 is 0 Å². The molecule has 4 rings (SSSR count). The molecule has 3 aromatic rings. The lowest BCUT2D eigenvalue weighted by molar-refractivity contribution is 0.246. The van der Waals surface area contributed by atoms with Crippen molar-refractivity contribution in [1.29, 1.82) is 5.41 Å². The van der Waals surface area contributed by atoms with Gasteiger partial charge in [-0.2, -0.15) is 4.98 Å². The summed E-state index contributed by atoms with van der Waals surface area (Å²) in [6, 6.07) is 9.02. The first-order valence-electron chi connectivity index (χ1n) is 10.6. The van der Waals surface area contributed by atoms with Crippen LogP contribution in [0, 0.1) is 22.0 Å². The van der Waals surface area contributed by atoms with E-state index in [9.17, 15) is 18.5 Å². The lowest BCUT2D eigenvalue weighted by Crippen LogP contribution is -2.43. The zero-order chi connectivity index (χ0) is 25.1. The number of carbonyl (C=O) groups excluding carboxylic acids is 1. The van der Waals surface area contributed by atoms with Gasteiger partial charge in [0.15, 0.2) is 11.7 Å². The molecule has 0 saturated carbocycles. The molecule has 0 atom stereocenters. The Kier molecular flexibility index (Phi) is 6.73. The first-order valence-corrected chi connectivity index (χ1v) is 10.6. The van der Waals surface area contributed by atoms with E-state index in [1.165, 1.54) is 6.07 Å². The fraction of sp³-hybridized carbons (Fsp3) is 0.217. The largest absolute Gasteiger partial charge is 0.353 e. The van der Waals surface area contributed by atoms with Crippen molar-refractivity contribution in [2.75, 3.05) is 37.4 Å². The predicted octanol–water partition coefficient (Wildman–Crippen LogP) is 3.85. The highest BCUT2D eigenvalue weighted by atomic mass is 19.1. The number of amidine groups is 1. The van der Waals surface area contributed by atoms with Crippen LogP contribution in [-0.4, -0.2) is 53.9 Å². The van der Waals surface area contributed by atoms with Crippen LogP contribution in [0.15, 0.2) is 47.6 Å². The average Bonchev–Trinajstić information content (AvgIpc) is 2.84. The molecule has 2 heterocycles. The van der Waals surface area contributed by atoms with Crippen molar-refractivity contribution in [2.24, 2.45) is 5.18 Å². The number of carbonyl (C=O) groups is 1. The van der Waals surface area contributed by atoms with Crippen LogP contribution in [-0.2, 0) is 6.54 Å². The Hall–Kier alpha value is -4.32. The molecule has 0 bridgehead atoms. The average molecular weight is 480 g/mol. The van der Waals surface area contributed by atoms with Crippen molar-refractivity contribution in [3.8, 4) is 11.3 Å². The second-order valence-corrected chi connectivity index (χ2v) is 8.01. The number of nitrogens with zero attached hydrogens (tertiary/aromatic N) is 5. The molecule has 0 aliphatic carbocycles. The number of amides is 2. The van der Waals surface area contributed by atoms with Gasteiger partial charge in [-0.15, -0.1) is 4.91 Å². The van der Waals surface area contributed by atoms with Crippen LogP contribution in [0.3, 0.4) is 0 Å². The van der Waals surface area contributed by atoms with Crippen LogP contribution in [0.4, 0.5) is 31.0 Å². The number of urea groups is 1. The Bertz CT molecular complexity index is 1290. The Morgan fingerprint density at radius 2 is 1.91 bits per heavy atom. The van der Waals surface area contributed by atoms with E-state index in [-0.39, 0.29) is 23.9 Å². The molecule has 2 aromatic carbocycles. The Labute approximate surface area is 199 Å². The first kappa shape index (κ1) is 23.8. The zero-order valence-electron chi connectivity index (χ0n) is 19.0. The molecule has 0 spiro atoms. The Balaban J connectivity index is 1.91. The summed E-state index contributed by atoms with van der Waals surface area (Å²) in [4.78, 5) is 35.5. The van der Waals surface area contributed by atoms with E-state index < -0.39 is 29.2 Å². The van der Waals surface area contributed by atoms with E-state index in [0.29, 0.717) is 29.9 Å². The highest BCUT2D eigenvalue weighted by Gasteiger charge is 2.34. The molecule has 2 amide bonds. The minimum atomic E-state index is -0.928. The van der Waals surface area contributed by atoms with Gasteiger partial charge in [0.2, 0.25) is 5.95 Å². The van der Waals surface area contributed by atoms with Gasteiger partial charge in [0.1, 0.15) is 17.3 Å². The van der Waals surface area contributed by atoms with Crippen LogP contribution in [0.25, 0.3) is 11.3 Å². The molecule has 10 nitrogen and oxygen atoms in total. The number of halogens is 2. The maximum atomic E-state index is 14.7. The number of fused-ring (bicyclic) bond motifs is 1. The normalized spacial score (nSPS) is 12.8. The number of nitroso groups, excluding NO2 is 1. The third-order valence-corrected chi connectivity index (χ3v) is 5.32. The van der Waals surface area contributed by atoms with E-state index in [1.807, 2.05) is 19.0 Å². The topological polar surface area (TPSA) is 127 Å². The summed E-state index contributed by atoms with van der Waals surface area (Å²) in [7, 11) is 3.80. The van der Waals surface area contributed by atoms with Crippen molar-refractivity contribution < 1.29 is 13.6 Å². The fourth-order valence-corrected chi connectivity index (χ4v) is 3.64. The summed E-state index contributed by atoms with van der Waals surface area (Å²) >= 11 is 0. The SMILES string of the molecule is CN(C)CCNc1nc(-c2cccc(C(=N)N=O)c2)c2c(n1)N(c1c(F)cccc1F)C(=O)NC2. The smallest absolute Gasteiger partial charge is 0.328 e.